The van der Waals surface area contributed by atoms with E-state index in [-0.39, 0.29) is 5.56 Å². The second-order valence-corrected chi connectivity index (χ2v) is 6.36. The number of esters is 1. The third-order valence-corrected chi connectivity index (χ3v) is 4.82. The molecule has 6 heteroatoms. The SMILES string of the molecule is COC(=O)c1c(Oc2ccccc2)c(I)c(=O)n2c1CCCC2. The average Bonchev–Trinajstić information content (AvgIpc) is 2.60. The number of aromatic nitrogens is 1. The van der Waals surface area contributed by atoms with Gasteiger partial charge in [-0.25, -0.2) is 4.79 Å². The molecule has 2 aromatic rings. The summed E-state index contributed by atoms with van der Waals surface area (Å²) in [5.74, 6) is 0.400. The number of ether oxygens (including phenoxy) is 2. The predicted molar refractivity (Wildman–Crippen MR) is 94.2 cm³/mol. The number of nitrogens with zero attached hydrogens (tertiary/aromatic N) is 1. The Morgan fingerprint density at radius 3 is 2.65 bits per heavy atom. The second kappa shape index (κ2) is 6.74. The Kier molecular flexibility index (Phi) is 4.70. The van der Waals surface area contributed by atoms with Crippen molar-refractivity contribution in [3.05, 3.63) is 55.5 Å². The molecule has 1 aliphatic rings. The van der Waals surface area contributed by atoms with Crippen LogP contribution in [0.5, 0.6) is 11.5 Å². The topological polar surface area (TPSA) is 57.5 Å². The fraction of sp³-hybridized carbons (Fsp3) is 0.294. The van der Waals surface area contributed by atoms with Crippen molar-refractivity contribution in [2.24, 2.45) is 0 Å². The molecule has 0 radical (unpaired) electrons. The van der Waals surface area contributed by atoms with Gasteiger partial charge in [0.1, 0.15) is 14.9 Å². The summed E-state index contributed by atoms with van der Waals surface area (Å²) in [6.45, 7) is 0.625. The molecule has 0 amide bonds. The van der Waals surface area contributed by atoms with Gasteiger partial charge in [0.15, 0.2) is 5.75 Å². The lowest BCUT2D eigenvalue weighted by Crippen LogP contribution is -2.32. The van der Waals surface area contributed by atoms with E-state index >= 15 is 0 Å². The number of para-hydroxylation sites is 1. The molecule has 0 saturated heterocycles. The lowest BCUT2D eigenvalue weighted by molar-refractivity contribution is 0.0594. The Bertz CT molecular complexity index is 798. The number of pyridine rings is 1. The quantitative estimate of drug-likeness (QED) is 0.559. The van der Waals surface area contributed by atoms with E-state index in [1.165, 1.54) is 7.11 Å². The Morgan fingerprint density at radius 2 is 1.96 bits per heavy atom. The highest BCUT2D eigenvalue weighted by atomic mass is 127. The van der Waals surface area contributed by atoms with Crippen LogP contribution in [0.2, 0.25) is 0 Å². The van der Waals surface area contributed by atoms with Gasteiger partial charge in [-0.3, -0.25) is 4.79 Å². The van der Waals surface area contributed by atoms with Crippen LogP contribution in [0.1, 0.15) is 28.9 Å². The summed E-state index contributed by atoms with van der Waals surface area (Å²) in [5, 5.41) is 0. The van der Waals surface area contributed by atoms with Gasteiger partial charge in [-0.15, -0.1) is 0 Å². The van der Waals surface area contributed by atoms with E-state index in [2.05, 4.69) is 0 Å². The number of methoxy groups -OCH3 is 1. The zero-order valence-electron chi connectivity index (χ0n) is 12.7. The zero-order chi connectivity index (χ0) is 16.4. The molecule has 0 atom stereocenters. The molecule has 120 valence electrons. The monoisotopic (exact) mass is 425 g/mol. The third-order valence-electron chi connectivity index (χ3n) is 3.87. The van der Waals surface area contributed by atoms with Crippen molar-refractivity contribution in [3.63, 3.8) is 0 Å². The van der Waals surface area contributed by atoms with Crippen LogP contribution in [0.15, 0.2) is 35.1 Å². The molecule has 1 aromatic heterocycles. The Morgan fingerprint density at radius 1 is 1.22 bits per heavy atom. The molecule has 0 spiro atoms. The smallest absolute Gasteiger partial charge is 0.343 e. The van der Waals surface area contributed by atoms with E-state index in [1.807, 2.05) is 40.8 Å². The van der Waals surface area contributed by atoms with Gasteiger partial charge in [-0.1, -0.05) is 18.2 Å². The number of hydrogen-bond acceptors (Lipinski definition) is 4. The standard InChI is InChI=1S/C17H16INO4/c1-22-17(21)13-12-9-5-6-10-19(12)16(20)14(18)15(13)23-11-7-3-2-4-8-11/h2-4,7-8H,5-6,9-10H2,1H3. The molecule has 0 aliphatic carbocycles. The largest absolute Gasteiger partial charge is 0.465 e. The molecule has 0 fully saturated rings. The van der Waals surface area contributed by atoms with E-state index in [4.69, 9.17) is 9.47 Å². The number of rotatable bonds is 3. The first-order valence-corrected chi connectivity index (χ1v) is 8.47. The maximum atomic E-state index is 12.6. The van der Waals surface area contributed by atoms with Crippen LogP contribution in [-0.4, -0.2) is 17.6 Å². The minimum Gasteiger partial charge on any atom is -0.465 e. The van der Waals surface area contributed by atoms with Crippen LogP contribution < -0.4 is 10.3 Å². The van der Waals surface area contributed by atoms with Crippen LogP contribution >= 0.6 is 22.6 Å². The first-order valence-electron chi connectivity index (χ1n) is 7.40. The summed E-state index contributed by atoms with van der Waals surface area (Å²) in [6, 6.07) is 9.12. The maximum absolute atomic E-state index is 12.6. The molecular weight excluding hydrogens is 409 g/mol. The van der Waals surface area contributed by atoms with E-state index in [1.54, 1.807) is 16.7 Å². The van der Waals surface area contributed by atoms with Crippen molar-refractivity contribution in [1.29, 1.82) is 0 Å². The summed E-state index contributed by atoms with van der Waals surface area (Å²) in [6.07, 6.45) is 2.54. The first kappa shape index (κ1) is 16.0. The van der Waals surface area contributed by atoms with Gasteiger partial charge in [0.05, 0.1) is 7.11 Å². The van der Waals surface area contributed by atoms with Crippen molar-refractivity contribution in [1.82, 2.24) is 4.57 Å². The van der Waals surface area contributed by atoms with Crippen molar-refractivity contribution >= 4 is 28.6 Å². The van der Waals surface area contributed by atoms with Gasteiger partial charge in [0.2, 0.25) is 0 Å². The Hall–Kier alpha value is -1.83. The van der Waals surface area contributed by atoms with Gasteiger partial charge < -0.3 is 14.0 Å². The van der Waals surface area contributed by atoms with Crippen molar-refractivity contribution in [3.8, 4) is 11.5 Å². The van der Waals surface area contributed by atoms with Crippen molar-refractivity contribution in [2.45, 2.75) is 25.8 Å². The molecule has 2 heterocycles. The van der Waals surface area contributed by atoms with Crippen LogP contribution in [0.25, 0.3) is 0 Å². The second-order valence-electron chi connectivity index (χ2n) is 5.29. The lowest BCUT2D eigenvalue weighted by atomic mass is 10.0. The molecule has 23 heavy (non-hydrogen) atoms. The summed E-state index contributed by atoms with van der Waals surface area (Å²) < 4.78 is 12.9. The highest BCUT2D eigenvalue weighted by Crippen LogP contribution is 2.33. The molecule has 3 rings (SSSR count). The van der Waals surface area contributed by atoms with E-state index in [0.717, 1.165) is 12.8 Å². The van der Waals surface area contributed by atoms with E-state index in [0.29, 0.717) is 39.3 Å². The zero-order valence-corrected chi connectivity index (χ0v) is 14.8. The van der Waals surface area contributed by atoms with Crippen molar-refractivity contribution in [2.75, 3.05) is 7.11 Å². The number of benzene rings is 1. The highest BCUT2D eigenvalue weighted by molar-refractivity contribution is 14.1. The van der Waals surface area contributed by atoms with Gasteiger partial charge in [-0.2, -0.15) is 0 Å². The van der Waals surface area contributed by atoms with Gasteiger partial charge >= 0.3 is 5.97 Å². The Balaban J connectivity index is 2.22. The number of halogens is 1. The number of carbonyl (C=O) groups is 1. The molecule has 0 bridgehead atoms. The van der Waals surface area contributed by atoms with E-state index < -0.39 is 5.97 Å². The molecule has 1 aliphatic heterocycles. The lowest BCUT2D eigenvalue weighted by Gasteiger charge is -2.23. The highest BCUT2D eigenvalue weighted by Gasteiger charge is 2.28. The van der Waals surface area contributed by atoms with E-state index in [9.17, 15) is 9.59 Å². The fourth-order valence-corrected chi connectivity index (χ4v) is 3.46. The number of fused-ring (bicyclic) bond motifs is 1. The Labute approximate surface area is 147 Å². The molecule has 0 N–H and O–H groups in total. The van der Waals surface area contributed by atoms with Crippen molar-refractivity contribution < 1.29 is 14.3 Å². The molecule has 0 saturated carbocycles. The maximum Gasteiger partial charge on any atom is 0.343 e. The van der Waals surface area contributed by atoms with Gasteiger partial charge in [0.25, 0.3) is 5.56 Å². The molecule has 0 unspecified atom stereocenters. The fourth-order valence-electron chi connectivity index (χ4n) is 2.79. The summed E-state index contributed by atoms with van der Waals surface area (Å²) in [4.78, 5) is 24.9. The molecule has 1 aromatic carbocycles. The van der Waals surface area contributed by atoms with Crippen LogP contribution in [0.3, 0.4) is 0 Å². The molecular formula is C17H16INO4. The number of carbonyl (C=O) groups excluding carboxylic acids is 1. The van der Waals surface area contributed by atoms with Crippen LogP contribution in [0.4, 0.5) is 0 Å². The minimum atomic E-state index is -0.473. The minimum absolute atomic E-state index is 0.112. The predicted octanol–water partition coefficient (Wildman–Crippen LogP) is 3.37. The normalized spacial score (nSPS) is 13.3. The average molecular weight is 425 g/mol. The summed E-state index contributed by atoms with van der Waals surface area (Å²) >= 11 is 1.95. The van der Waals surface area contributed by atoms with Gasteiger partial charge in [0, 0.05) is 12.2 Å². The number of hydrogen-bond donors (Lipinski definition) is 0. The third kappa shape index (κ3) is 2.99. The first-order chi connectivity index (χ1) is 11.1. The van der Waals surface area contributed by atoms with Crippen LogP contribution in [-0.2, 0) is 17.7 Å². The molecule has 5 nitrogen and oxygen atoms in total. The summed E-state index contributed by atoms with van der Waals surface area (Å²) in [5.41, 5.74) is 0.957. The van der Waals surface area contributed by atoms with Gasteiger partial charge in [-0.05, 0) is 54.0 Å². The van der Waals surface area contributed by atoms with Crippen LogP contribution in [0, 0.1) is 3.57 Å². The summed E-state index contributed by atoms with van der Waals surface area (Å²) in [7, 11) is 1.34.